The molecule has 0 bridgehead atoms. The first-order valence-electron chi connectivity index (χ1n) is 6.17. The third-order valence-electron chi connectivity index (χ3n) is 3.10. The molecule has 6 heteroatoms. The van der Waals surface area contributed by atoms with E-state index < -0.39 is 11.8 Å². The minimum absolute atomic E-state index is 0.0957. The molecule has 1 amide bonds. The van der Waals surface area contributed by atoms with Gasteiger partial charge in [-0.3, -0.25) is 4.79 Å². The number of carbonyl (C=O) groups is 1. The maximum absolute atomic E-state index is 12.6. The third-order valence-corrected chi connectivity index (χ3v) is 3.10. The monoisotopic (exact) mass is 257 g/mol. The van der Waals surface area contributed by atoms with E-state index in [1.165, 1.54) is 0 Å². The summed E-state index contributed by atoms with van der Waals surface area (Å²) in [7, 11) is 0. The first-order valence-corrected chi connectivity index (χ1v) is 6.17. The highest BCUT2D eigenvalue weighted by Gasteiger charge is 2.57. The Morgan fingerprint density at radius 2 is 2.39 bits per heavy atom. The zero-order valence-electron chi connectivity index (χ0n) is 10.3. The van der Waals surface area contributed by atoms with Crippen LogP contribution in [-0.2, 0) is 17.9 Å². The molecule has 0 saturated heterocycles. The number of aryl methyl sites for hydroxylation is 1. The number of hydrogen-bond acceptors (Lipinski definition) is 2. The van der Waals surface area contributed by atoms with E-state index >= 15 is 0 Å². The second-order valence-electron chi connectivity index (χ2n) is 4.68. The fraction of sp³-hybridized carbons (Fsp3) is 0.667. The summed E-state index contributed by atoms with van der Waals surface area (Å²) in [6, 6.07) is 0. The zero-order chi connectivity index (χ0) is 13.2. The van der Waals surface area contributed by atoms with Crippen LogP contribution in [0.1, 0.15) is 32.0 Å². The molecule has 1 saturated carbocycles. The molecular formula is C12H17F2N3O. The largest absolute Gasteiger partial charge is 0.349 e. The molecule has 1 heterocycles. The summed E-state index contributed by atoms with van der Waals surface area (Å²) in [6.45, 7) is 3.19. The van der Waals surface area contributed by atoms with Gasteiger partial charge in [-0.25, -0.2) is 13.8 Å². The fourth-order valence-electron chi connectivity index (χ4n) is 1.92. The SMILES string of the molecule is CCCn1ccnc1CNC(=O)C[C@H]1CC1(F)F. The predicted octanol–water partition coefficient (Wildman–Crippen LogP) is 1.95. The van der Waals surface area contributed by atoms with Gasteiger partial charge < -0.3 is 9.88 Å². The van der Waals surface area contributed by atoms with Crippen molar-refractivity contribution in [1.82, 2.24) is 14.9 Å². The number of rotatable bonds is 6. The molecule has 1 aliphatic carbocycles. The van der Waals surface area contributed by atoms with Crippen molar-refractivity contribution in [3.8, 4) is 0 Å². The summed E-state index contributed by atoms with van der Waals surface area (Å²) in [5.74, 6) is -2.97. The van der Waals surface area contributed by atoms with Gasteiger partial charge in [0.05, 0.1) is 6.54 Å². The van der Waals surface area contributed by atoms with Crippen LogP contribution in [0.3, 0.4) is 0 Å². The van der Waals surface area contributed by atoms with Gasteiger partial charge in [0, 0.05) is 37.7 Å². The molecule has 1 aromatic rings. The van der Waals surface area contributed by atoms with Crippen molar-refractivity contribution in [1.29, 1.82) is 0 Å². The van der Waals surface area contributed by atoms with E-state index in [4.69, 9.17) is 0 Å². The van der Waals surface area contributed by atoms with E-state index in [1.54, 1.807) is 6.20 Å². The van der Waals surface area contributed by atoms with Crippen LogP contribution in [-0.4, -0.2) is 21.4 Å². The third kappa shape index (κ3) is 3.05. The van der Waals surface area contributed by atoms with Gasteiger partial charge in [-0.05, 0) is 6.42 Å². The molecule has 0 radical (unpaired) electrons. The van der Waals surface area contributed by atoms with Gasteiger partial charge in [0.1, 0.15) is 5.82 Å². The average Bonchev–Trinajstić information content (AvgIpc) is 2.74. The van der Waals surface area contributed by atoms with Crippen LogP contribution in [0.2, 0.25) is 0 Å². The van der Waals surface area contributed by atoms with Gasteiger partial charge in [0.25, 0.3) is 5.92 Å². The molecule has 4 nitrogen and oxygen atoms in total. The Morgan fingerprint density at radius 3 is 3.00 bits per heavy atom. The average molecular weight is 257 g/mol. The lowest BCUT2D eigenvalue weighted by Gasteiger charge is -2.07. The number of hydrogen-bond donors (Lipinski definition) is 1. The summed E-state index contributed by atoms with van der Waals surface area (Å²) in [5.41, 5.74) is 0. The maximum atomic E-state index is 12.6. The summed E-state index contributed by atoms with van der Waals surface area (Å²) >= 11 is 0. The van der Waals surface area contributed by atoms with Gasteiger partial charge in [0.2, 0.25) is 5.91 Å². The van der Waals surface area contributed by atoms with Gasteiger partial charge in [0.15, 0.2) is 0 Å². The quantitative estimate of drug-likeness (QED) is 0.846. The molecule has 0 unspecified atom stereocenters. The summed E-state index contributed by atoms with van der Waals surface area (Å²) in [6.07, 6.45) is 4.24. The van der Waals surface area contributed by atoms with Crippen molar-refractivity contribution in [2.75, 3.05) is 0 Å². The number of nitrogens with one attached hydrogen (secondary N) is 1. The first-order chi connectivity index (χ1) is 8.53. The second kappa shape index (κ2) is 5.04. The van der Waals surface area contributed by atoms with Crippen LogP contribution in [0.15, 0.2) is 12.4 Å². The molecule has 2 rings (SSSR count). The highest BCUT2D eigenvalue weighted by Crippen LogP contribution is 2.50. The molecule has 0 aromatic carbocycles. The van der Waals surface area contributed by atoms with Gasteiger partial charge in [-0.15, -0.1) is 0 Å². The molecule has 18 heavy (non-hydrogen) atoms. The molecule has 1 aliphatic rings. The topological polar surface area (TPSA) is 46.9 Å². The first kappa shape index (κ1) is 13.0. The van der Waals surface area contributed by atoms with E-state index in [2.05, 4.69) is 17.2 Å². The lowest BCUT2D eigenvalue weighted by molar-refractivity contribution is -0.122. The van der Waals surface area contributed by atoms with Crippen molar-refractivity contribution in [2.24, 2.45) is 5.92 Å². The Balaban J connectivity index is 1.77. The highest BCUT2D eigenvalue weighted by atomic mass is 19.3. The molecule has 1 atom stereocenters. The van der Waals surface area contributed by atoms with Crippen LogP contribution < -0.4 is 5.32 Å². The van der Waals surface area contributed by atoms with Crippen LogP contribution in [0, 0.1) is 5.92 Å². The summed E-state index contributed by atoms with van der Waals surface area (Å²) in [5, 5.41) is 2.64. The van der Waals surface area contributed by atoms with Gasteiger partial charge in [-0.1, -0.05) is 6.92 Å². The van der Waals surface area contributed by atoms with Gasteiger partial charge >= 0.3 is 0 Å². The van der Waals surface area contributed by atoms with Crippen molar-refractivity contribution in [3.63, 3.8) is 0 Å². The Bertz CT molecular complexity index is 431. The van der Waals surface area contributed by atoms with Crippen LogP contribution >= 0.6 is 0 Å². The Labute approximate surface area is 104 Å². The minimum Gasteiger partial charge on any atom is -0.349 e. The number of alkyl halides is 2. The smallest absolute Gasteiger partial charge is 0.252 e. The summed E-state index contributed by atoms with van der Waals surface area (Å²) in [4.78, 5) is 15.6. The van der Waals surface area contributed by atoms with E-state index in [0.717, 1.165) is 18.8 Å². The number of imidazole rings is 1. The highest BCUT2D eigenvalue weighted by molar-refractivity contribution is 5.76. The molecule has 1 fully saturated rings. The lowest BCUT2D eigenvalue weighted by Crippen LogP contribution is -2.25. The number of halogens is 2. The van der Waals surface area contributed by atoms with Crippen LogP contribution in [0.5, 0.6) is 0 Å². The second-order valence-corrected chi connectivity index (χ2v) is 4.68. The van der Waals surface area contributed by atoms with Crippen LogP contribution in [0.4, 0.5) is 8.78 Å². The minimum atomic E-state index is -2.63. The molecule has 1 aromatic heterocycles. The zero-order valence-corrected chi connectivity index (χ0v) is 10.3. The number of amides is 1. The van der Waals surface area contributed by atoms with Crippen molar-refractivity contribution in [2.45, 2.75) is 45.2 Å². The molecule has 100 valence electrons. The van der Waals surface area contributed by atoms with Crippen molar-refractivity contribution < 1.29 is 13.6 Å². The number of aromatic nitrogens is 2. The summed E-state index contributed by atoms with van der Waals surface area (Å²) < 4.78 is 27.2. The van der Waals surface area contributed by atoms with Crippen molar-refractivity contribution in [3.05, 3.63) is 18.2 Å². The number of nitrogens with zero attached hydrogens (tertiary/aromatic N) is 2. The Hall–Kier alpha value is -1.46. The van der Waals surface area contributed by atoms with Gasteiger partial charge in [-0.2, -0.15) is 0 Å². The lowest BCUT2D eigenvalue weighted by atomic mass is 10.2. The van der Waals surface area contributed by atoms with E-state index in [9.17, 15) is 13.6 Å². The predicted molar refractivity (Wildman–Crippen MR) is 62.0 cm³/mol. The fourth-order valence-corrected chi connectivity index (χ4v) is 1.92. The maximum Gasteiger partial charge on any atom is 0.252 e. The Kier molecular flexibility index (Phi) is 3.63. The number of carbonyl (C=O) groups excluding carboxylic acids is 1. The molecule has 1 N–H and O–H groups in total. The standard InChI is InChI=1S/C12H17F2N3O/c1-2-4-17-5-3-15-10(17)8-16-11(18)6-9-7-12(9,13)14/h3,5,9H,2,4,6-8H2,1H3,(H,16,18)/t9-/m0/s1. The van der Waals surface area contributed by atoms with E-state index in [-0.39, 0.29) is 18.7 Å². The van der Waals surface area contributed by atoms with Crippen LogP contribution in [0.25, 0.3) is 0 Å². The van der Waals surface area contributed by atoms with E-state index in [1.807, 2.05) is 10.8 Å². The molecular weight excluding hydrogens is 240 g/mol. The Morgan fingerprint density at radius 1 is 1.67 bits per heavy atom. The molecule has 0 spiro atoms. The van der Waals surface area contributed by atoms with Crippen molar-refractivity contribution >= 4 is 5.91 Å². The van der Waals surface area contributed by atoms with E-state index in [0.29, 0.717) is 6.54 Å². The molecule has 0 aliphatic heterocycles. The normalized spacial score (nSPS) is 20.7.